The summed E-state index contributed by atoms with van der Waals surface area (Å²) in [5, 5.41) is 4.31. The van der Waals surface area contributed by atoms with Crippen LogP contribution in [0.4, 0.5) is 0 Å². The van der Waals surface area contributed by atoms with E-state index in [2.05, 4.69) is 15.1 Å². The predicted molar refractivity (Wildman–Crippen MR) is 98.7 cm³/mol. The number of pyridine rings is 1. The molecule has 0 unspecified atom stereocenters. The van der Waals surface area contributed by atoms with Gasteiger partial charge in [0.1, 0.15) is 11.5 Å². The maximum atomic E-state index is 12.7. The topological polar surface area (TPSA) is 78.6 Å². The van der Waals surface area contributed by atoms with Gasteiger partial charge in [0.15, 0.2) is 5.82 Å². The van der Waals surface area contributed by atoms with E-state index in [0.717, 1.165) is 11.1 Å². The van der Waals surface area contributed by atoms with Gasteiger partial charge in [-0.3, -0.25) is 9.78 Å². The van der Waals surface area contributed by atoms with Gasteiger partial charge in [0.05, 0.1) is 18.8 Å². The third-order valence-electron chi connectivity index (χ3n) is 3.83. The molecule has 0 saturated heterocycles. The summed E-state index contributed by atoms with van der Waals surface area (Å²) in [6.07, 6.45) is 5.10. The van der Waals surface area contributed by atoms with Crippen molar-refractivity contribution in [2.24, 2.45) is 0 Å². The SMILES string of the molecule is COc1ccc(OC)c(/C=c2\sc3nc(-c4cccnc4)nn3c2=O)c1. The fourth-order valence-corrected chi connectivity index (χ4v) is 3.44. The van der Waals surface area contributed by atoms with Gasteiger partial charge in [-0.15, -0.1) is 5.10 Å². The fourth-order valence-electron chi connectivity index (χ4n) is 2.54. The molecule has 0 amide bonds. The number of methoxy groups -OCH3 is 2. The molecule has 0 aliphatic heterocycles. The van der Waals surface area contributed by atoms with Crippen LogP contribution in [0, 0.1) is 0 Å². The third-order valence-corrected chi connectivity index (χ3v) is 4.78. The zero-order valence-electron chi connectivity index (χ0n) is 14.0. The number of fused-ring (bicyclic) bond motifs is 1. The smallest absolute Gasteiger partial charge is 0.291 e. The number of thiazole rings is 1. The van der Waals surface area contributed by atoms with Crippen molar-refractivity contribution in [1.29, 1.82) is 0 Å². The number of aromatic nitrogens is 4. The summed E-state index contributed by atoms with van der Waals surface area (Å²) >= 11 is 1.27. The second kappa shape index (κ2) is 6.57. The second-order valence-electron chi connectivity index (χ2n) is 5.40. The summed E-state index contributed by atoms with van der Waals surface area (Å²) in [7, 11) is 3.17. The summed E-state index contributed by atoms with van der Waals surface area (Å²) in [4.78, 5) is 21.7. The highest BCUT2D eigenvalue weighted by Crippen LogP contribution is 2.24. The highest BCUT2D eigenvalue weighted by atomic mass is 32.1. The summed E-state index contributed by atoms with van der Waals surface area (Å²) in [6, 6.07) is 9.07. The molecule has 0 aliphatic carbocycles. The maximum Gasteiger partial charge on any atom is 0.291 e. The molecule has 7 nitrogen and oxygen atoms in total. The molecule has 0 bridgehead atoms. The van der Waals surface area contributed by atoms with E-state index in [1.165, 1.54) is 15.9 Å². The Bertz CT molecular complexity index is 1180. The zero-order valence-corrected chi connectivity index (χ0v) is 14.9. The Morgan fingerprint density at radius 2 is 2.08 bits per heavy atom. The Hall–Kier alpha value is -3.26. The first-order valence-electron chi connectivity index (χ1n) is 7.73. The van der Waals surface area contributed by atoms with Crippen LogP contribution in [0.5, 0.6) is 11.5 Å². The van der Waals surface area contributed by atoms with E-state index in [1.807, 2.05) is 12.1 Å². The van der Waals surface area contributed by atoms with Crippen molar-refractivity contribution in [3.63, 3.8) is 0 Å². The maximum absolute atomic E-state index is 12.7. The van der Waals surface area contributed by atoms with Crippen LogP contribution in [0.15, 0.2) is 47.5 Å². The molecule has 0 saturated carbocycles. The highest BCUT2D eigenvalue weighted by Gasteiger charge is 2.12. The average molecular weight is 366 g/mol. The summed E-state index contributed by atoms with van der Waals surface area (Å²) in [6.45, 7) is 0. The quantitative estimate of drug-likeness (QED) is 0.548. The van der Waals surface area contributed by atoms with E-state index < -0.39 is 0 Å². The van der Waals surface area contributed by atoms with Crippen LogP contribution < -0.4 is 19.6 Å². The lowest BCUT2D eigenvalue weighted by molar-refractivity contribution is 0.402. The van der Waals surface area contributed by atoms with Crippen molar-refractivity contribution < 1.29 is 9.47 Å². The normalized spacial score (nSPS) is 11.8. The van der Waals surface area contributed by atoms with Crippen molar-refractivity contribution in [3.8, 4) is 22.9 Å². The van der Waals surface area contributed by atoms with Crippen molar-refractivity contribution in [2.75, 3.05) is 14.2 Å². The summed E-state index contributed by atoms with van der Waals surface area (Å²) in [5.41, 5.74) is 1.29. The molecule has 0 spiro atoms. The van der Waals surface area contributed by atoms with Crippen molar-refractivity contribution >= 4 is 22.4 Å². The van der Waals surface area contributed by atoms with Gasteiger partial charge in [-0.2, -0.15) is 9.50 Å². The van der Waals surface area contributed by atoms with Gasteiger partial charge in [-0.05, 0) is 36.4 Å². The molecular formula is C18H14N4O3S. The molecule has 0 N–H and O–H groups in total. The molecule has 1 aromatic carbocycles. The lowest BCUT2D eigenvalue weighted by atomic mass is 10.2. The van der Waals surface area contributed by atoms with Gasteiger partial charge in [0, 0.05) is 23.5 Å². The van der Waals surface area contributed by atoms with Gasteiger partial charge in [0.2, 0.25) is 4.96 Å². The number of rotatable bonds is 4. The third kappa shape index (κ3) is 2.80. The number of nitrogens with zero attached hydrogens (tertiary/aromatic N) is 4. The van der Waals surface area contributed by atoms with Crippen LogP contribution in [0.2, 0.25) is 0 Å². The minimum atomic E-state index is -0.225. The Morgan fingerprint density at radius 1 is 1.19 bits per heavy atom. The highest BCUT2D eigenvalue weighted by molar-refractivity contribution is 7.15. The van der Waals surface area contributed by atoms with Gasteiger partial charge in [-0.1, -0.05) is 11.3 Å². The van der Waals surface area contributed by atoms with E-state index >= 15 is 0 Å². The monoisotopic (exact) mass is 366 g/mol. The Morgan fingerprint density at radius 3 is 2.77 bits per heavy atom. The second-order valence-corrected chi connectivity index (χ2v) is 6.40. The van der Waals surface area contributed by atoms with Crippen molar-refractivity contribution in [1.82, 2.24) is 19.6 Å². The van der Waals surface area contributed by atoms with E-state index in [4.69, 9.17) is 9.47 Å². The average Bonchev–Trinajstić information content (AvgIpc) is 3.22. The first-order chi connectivity index (χ1) is 12.7. The molecule has 3 heterocycles. The number of benzene rings is 1. The lowest BCUT2D eigenvalue weighted by Crippen LogP contribution is -2.23. The molecule has 4 rings (SSSR count). The minimum absolute atomic E-state index is 0.225. The fraction of sp³-hybridized carbons (Fsp3) is 0.111. The standard InChI is InChI=1S/C18H14N4O3S/c1-24-13-5-6-14(25-2)12(8-13)9-15-17(23)22-18(26-15)20-16(21-22)11-4-3-7-19-10-11/h3-10H,1-2H3/b15-9-. The van der Waals surface area contributed by atoms with Crippen LogP contribution in [0.3, 0.4) is 0 Å². The Balaban J connectivity index is 1.84. The molecule has 130 valence electrons. The number of hydrogen-bond acceptors (Lipinski definition) is 7. The molecule has 0 fully saturated rings. The minimum Gasteiger partial charge on any atom is -0.497 e. The number of ether oxygens (including phenoxy) is 2. The molecule has 4 aromatic rings. The van der Waals surface area contributed by atoms with Crippen LogP contribution in [-0.4, -0.2) is 33.8 Å². The van der Waals surface area contributed by atoms with Gasteiger partial charge in [-0.25, -0.2) is 0 Å². The number of hydrogen-bond donors (Lipinski definition) is 0. The van der Waals surface area contributed by atoms with Crippen molar-refractivity contribution in [2.45, 2.75) is 0 Å². The molecule has 0 atom stereocenters. The van der Waals surface area contributed by atoms with Crippen LogP contribution in [0.1, 0.15) is 5.56 Å². The van der Waals surface area contributed by atoms with Gasteiger partial charge < -0.3 is 9.47 Å². The summed E-state index contributed by atoms with van der Waals surface area (Å²) in [5.74, 6) is 1.81. The molecule has 8 heteroatoms. The molecule has 26 heavy (non-hydrogen) atoms. The summed E-state index contributed by atoms with van der Waals surface area (Å²) < 4.78 is 12.4. The van der Waals surface area contributed by atoms with E-state index in [9.17, 15) is 4.79 Å². The van der Waals surface area contributed by atoms with Crippen LogP contribution >= 0.6 is 11.3 Å². The Labute approximate surface area is 152 Å². The molecule has 0 aliphatic rings. The van der Waals surface area contributed by atoms with E-state index in [-0.39, 0.29) is 5.56 Å². The van der Waals surface area contributed by atoms with Crippen LogP contribution in [-0.2, 0) is 0 Å². The first-order valence-corrected chi connectivity index (χ1v) is 8.55. The lowest BCUT2D eigenvalue weighted by Gasteiger charge is -2.06. The van der Waals surface area contributed by atoms with E-state index in [0.29, 0.717) is 26.8 Å². The molecule has 0 radical (unpaired) electrons. The Kier molecular flexibility index (Phi) is 4.10. The molecular weight excluding hydrogens is 352 g/mol. The van der Waals surface area contributed by atoms with Crippen molar-refractivity contribution in [3.05, 3.63) is 63.2 Å². The largest absolute Gasteiger partial charge is 0.497 e. The zero-order chi connectivity index (χ0) is 18.1. The van der Waals surface area contributed by atoms with E-state index in [1.54, 1.807) is 50.9 Å². The first kappa shape index (κ1) is 16.2. The molecule has 3 aromatic heterocycles. The predicted octanol–water partition coefficient (Wildman–Crippen LogP) is 1.78. The van der Waals surface area contributed by atoms with Crippen LogP contribution in [0.25, 0.3) is 22.4 Å². The van der Waals surface area contributed by atoms with Gasteiger partial charge >= 0.3 is 0 Å². The van der Waals surface area contributed by atoms with Gasteiger partial charge in [0.25, 0.3) is 5.56 Å².